The minimum atomic E-state index is 0.618. The molecule has 0 saturated carbocycles. The lowest BCUT2D eigenvalue weighted by atomic mass is 10.1. The van der Waals surface area contributed by atoms with E-state index in [2.05, 4.69) is 71.0 Å². The lowest BCUT2D eigenvalue weighted by molar-refractivity contribution is 0.209. The molecule has 0 radical (unpaired) electrons. The lowest BCUT2D eigenvalue weighted by Gasteiger charge is -2.38. The van der Waals surface area contributed by atoms with Gasteiger partial charge in [-0.25, -0.2) is 9.97 Å². The van der Waals surface area contributed by atoms with Gasteiger partial charge in [0, 0.05) is 86.8 Å². The standard InChI is InChI=1S/C28H33N7/c1-4-35-20-25(28(32-35)23-6-5-12-29-19-23)26-11-13-30-27(31-26)18-22-7-9-24(10-8-22)34-16-14-33(15-17-34)21(2)3/h5-13,19-21H,4,14-18H2,1-3H3. The zero-order chi connectivity index (χ0) is 24.2. The molecule has 1 aliphatic rings. The average Bonchev–Trinajstić information content (AvgIpc) is 3.35. The fourth-order valence-electron chi connectivity index (χ4n) is 4.62. The van der Waals surface area contributed by atoms with E-state index >= 15 is 0 Å². The monoisotopic (exact) mass is 467 g/mol. The van der Waals surface area contributed by atoms with Crippen LogP contribution in [0.2, 0.25) is 0 Å². The number of aromatic nitrogens is 5. The SMILES string of the molecule is CCn1cc(-c2ccnc(Cc3ccc(N4CCN(C(C)C)CC4)cc3)n2)c(-c2cccnc2)n1. The van der Waals surface area contributed by atoms with Crippen LogP contribution in [0.4, 0.5) is 5.69 Å². The molecule has 3 aromatic heterocycles. The molecule has 0 atom stereocenters. The van der Waals surface area contributed by atoms with Gasteiger partial charge in [-0.05, 0) is 56.7 Å². The predicted octanol–water partition coefficient (Wildman–Crippen LogP) is 4.54. The van der Waals surface area contributed by atoms with Crippen molar-refractivity contribution in [3.63, 3.8) is 0 Å². The van der Waals surface area contributed by atoms with E-state index in [0.717, 1.165) is 61.1 Å². The Morgan fingerprint density at radius 3 is 2.43 bits per heavy atom. The minimum absolute atomic E-state index is 0.618. The summed E-state index contributed by atoms with van der Waals surface area (Å²) >= 11 is 0. The van der Waals surface area contributed by atoms with Gasteiger partial charge >= 0.3 is 0 Å². The summed E-state index contributed by atoms with van der Waals surface area (Å²) in [7, 11) is 0. The maximum atomic E-state index is 4.91. The molecule has 0 unspecified atom stereocenters. The zero-order valence-corrected chi connectivity index (χ0v) is 20.8. The van der Waals surface area contributed by atoms with Gasteiger partial charge in [0.15, 0.2) is 0 Å². The first-order valence-corrected chi connectivity index (χ1v) is 12.5. The summed E-state index contributed by atoms with van der Waals surface area (Å²) in [6.45, 7) is 11.8. The lowest BCUT2D eigenvalue weighted by Crippen LogP contribution is -2.48. The molecule has 0 amide bonds. The smallest absolute Gasteiger partial charge is 0.133 e. The molecule has 0 N–H and O–H groups in total. The van der Waals surface area contributed by atoms with Gasteiger partial charge in [0.05, 0.1) is 5.69 Å². The molecule has 7 heteroatoms. The maximum absolute atomic E-state index is 4.91. The van der Waals surface area contributed by atoms with Crippen molar-refractivity contribution in [3.05, 3.63) is 78.6 Å². The molecule has 4 aromatic rings. The molecular formula is C28H33N7. The summed E-state index contributed by atoms with van der Waals surface area (Å²) in [4.78, 5) is 18.8. The summed E-state index contributed by atoms with van der Waals surface area (Å²) in [5.74, 6) is 0.808. The number of piperazine rings is 1. The van der Waals surface area contributed by atoms with Crippen molar-refractivity contribution in [1.29, 1.82) is 0 Å². The summed E-state index contributed by atoms with van der Waals surface area (Å²) in [6.07, 6.45) is 8.22. The van der Waals surface area contributed by atoms with Crippen molar-refractivity contribution < 1.29 is 0 Å². The van der Waals surface area contributed by atoms with Crippen LogP contribution in [-0.4, -0.2) is 61.9 Å². The number of hydrogen-bond donors (Lipinski definition) is 0. The van der Waals surface area contributed by atoms with Crippen LogP contribution in [0.3, 0.4) is 0 Å². The Kier molecular flexibility index (Phi) is 6.86. The van der Waals surface area contributed by atoms with E-state index in [-0.39, 0.29) is 0 Å². The Morgan fingerprint density at radius 1 is 0.943 bits per heavy atom. The van der Waals surface area contributed by atoms with Gasteiger partial charge in [-0.2, -0.15) is 5.10 Å². The van der Waals surface area contributed by atoms with Crippen molar-refractivity contribution in [2.75, 3.05) is 31.1 Å². The van der Waals surface area contributed by atoms with E-state index in [1.807, 2.05) is 35.3 Å². The number of benzene rings is 1. The molecule has 1 aliphatic heterocycles. The number of nitrogens with zero attached hydrogens (tertiary/aromatic N) is 7. The largest absolute Gasteiger partial charge is 0.369 e. The highest BCUT2D eigenvalue weighted by Gasteiger charge is 2.19. The first-order valence-electron chi connectivity index (χ1n) is 12.5. The predicted molar refractivity (Wildman–Crippen MR) is 140 cm³/mol. The molecule has 1 saturated heterocycles. The molecular weight excluding hydrogens is 434 g/mol. The Hall–Kier alpha value is -3.58. The van der Waals surface area contributed by atoms with Crippen LogP contribution in [0.15, 0.2) is 67.3 Å². The van der Waals surface area contributed by atoms with Crippen LogP contribution in [0, 0.1) is 0 Å². The molecule has 4 heterocycles. The molecule has 1 fully saturated rings. The van der Waals surface area contributed by atoms with E-state index in [9.17, 15) is 0 Å². The summed E-state index contributed by atoms with van der Waals surface area (Å²) in [5, 5.41) is 4.77. The number of pyridine rings is 1. The van der Waals surface area contributed by atoms with Gasteiger partial charge in [0.1, 0.15) is 11.5 Å². The Morgan fingerprint density at radius 2 is 1.74 bits per heavy atom. The van der Waals surface area contributed by atoms with E-state index in [4.69, 9.17) is 10.1 Å². The fraction of sp³-hybridized carbons (Fsp3) is 0.357. The molecule has 7 nitrogen and oxygen atoms in total. The van der Waals surface area contributed by atoms with Crippen LogP contribution in [0.5, 0.6) is 0 Å². The number of rotatable bonds is 7. The second-order valence-corrected chi connectivity index (χ2v) is 9.31. The normalized spacial score (nSPS) is 14.6. The highest BCUT2D eigenvalue weighted by atomic mass is 15.3. The van der Waals surface area contributed by atoms with E-state index in [0.29, 0.717) is 12.5 Å². The summed E-state index contributed by atoms with van der Waals surface area (Å²) in [6, 6.07) is 15.4. The number of hydrogen-bond acceptors (Lipinski definition) is 6. The minimum Gasteiger partial charge on any atom is -0.369 e. The van der Waals surface area contributed by atoms with Gasteiger partial charge in [-0.3, -0.25) is 14.6 Å². The van der Waals surface area contributed by atoms with Crippen molar-refractivity contribution in [2.45, 2.75) is 39.8 Å². The first kappa shape index (κ1) is 23.2. The quantitative estimate of drug-likeness (QED) is 0.398. The third-order valence-corrected chi connectivity index (χ3v) is 6.71. The first-order chi connectivity index (χ1) is 17.1. The van der Waals surface area contributed by atoms with E-state index in [1.54, 1.807) is 6.20 Å². The highest BCUT2D eigenvalue weighted by molar-refractivity contribution is 5.78. The second kappa shape index (κ2) is 10.4. The Balaban J connectivity index is 1.32. The summed E-state index contributed by atoms with van der Waals surface area (Å²) < 4.78 is 1.94. The van der Waals surface area contributed by atoms with Crippen LogP contribution >= 0.6 is 0 Å². The van der Waals surface area contributed by atoms with Crippen LogP contribution in [0.25, 0.3) is 22.5 Å². The van der Waals surface area contributed by atoms with E-state index < -0.39 is 0 Å². The van der Waals surface area contributed by atoms with Gasteiger partial charge in [-0.1, -0.05) is 12.1 Å². The average molecular weight is 468 g/mol. The molecule has 35 heavy (non-hydrogen) atoms. The molecule has 1 aromatic carbocycles. The van der Waals surface area contributed by atoms with Crippen molar-refractivity contribution in [3.8, 4) is 22.5 Å². The van der Waals surface area contributed by atoms with Crippen LogP contribution in [0.1, 0.15) is 32.2 Å². The van der Waals surface area contributed by atoms with Crippen LogP contribution in [-0.2, 0) is 13.0 Å². The molecule has 0 bridgehead atoms. The highest BCUT2D eigenvalue weighted by Crippen LogP contribution is 2.29. The molecule has 0 spiro atoms. The van der Waals surface area contributed by atoms with Gasteiger partial charge < -0.3 is 4.90 Å². The topological polar surface area (TPSA) is 63.0 Å². The maximum Gasteiger partial charge on any atom is 0.133 e. The van der Waals surface area contributed by atoms with E-state index in [1.165, 1.54) is 11.3 Å². The molecule has 5 rings (SSSR count). The fourth-order valence-corrected chi connectivity index (χ4v) is 4.62. The third-order valence-electron chi connectivity index (χ3n) is 6.71. The van der Waals surface area contributed by atoms with Crippen LogP contribution < -0.4 is 4.90 Å². The Labute approximate surface area is 207 Å². The molecule has 180 valence electrons. The Bertz CT molecular complexity index is 1240. The van der Waals surface area contributed by atoms with Crippen molar-refractivity contribution >= 4 is 5.69 Å². The van der Waals surface area contributed by atoms with Crippen molar-refractivity contribution in [2.24, 2.45) is 0 Å². The summed E-state index contributed by atoms with van der Waals surface area (Å²) in [5.41, 5.74) is 6.27. The zero-order valence-electron chi connectivity index (χ0n) is 20.8. The van der Waals surface area contributed by atoms with Gasteiger partial charge in [-0.15, -0.1) is 0 Å². The van der Waals surface area contributed by atoms with Gasteiger partial charge in [0.25, 0.3) is 0 Å². The number of anilines is 1. The number of aryl methyl sites for hydroxylation is 1. The molecule has 0 aliphatic carbocycles. The third kappa shape index (κ3) is 5.25. The van der Waals surface area contributed by atoms with Crippen molar-refractivity contribution in [1.82, 2.24) is 29.6 Å². The van der Waals surface area contributed by atoms with Gasteiger partial charge in [0.2, 0.25) is 0 Å². The second-order valence-electron chi connectivity index (χ2n) is 9.31.